The summed E-state index contributed by atoms with van der Waals surface area (Å²) in [5.74, 6) is -2.52. The molecule has 1 fully saturated rings. The Morgan fingerprint density at radius 3 is 2.38 bits per heavy atom. The smallest absolute Gasteiger partial charge is 0.334 e. The van der Waals surface area contributed by atoms with Crippen molar-refractivity contribution in [2.75, 3.05) is 6.54 Å². The molecule has 1 N–H and O–H groups in total. The molecular weight excluding hydrogens is 357 g/mol. The van der Waals surface area contributed by atoms with Crippen LogP contribution in [-0.4, -0.2) is 46.1 Å². The van der Waals surface area contributed by atoms with Gasteiger partial charge in [-0.3, -0.25) is 19.3 Å². The lowest BCUT2D eigenvalue weighted by molar-refractivity contribution is -0.144. The molecule has 1 aliphatic heterocycles. The van der Waals surface area contributed by atoms with Gasteiger partial charge in [0.05, 0.1) is 0 Å². The van der Waals surface area contributed by atoms with Gasteiger partial charge in [0.25, 0.3) is 0 Å². The van der Waals surface area contributed by atoms with Crippen molar-refractivity contribution in [3.05, 3.63) is 33.8 Å². The number of amides is 5. The van der Waals surface area contributed by atoms with Gasteiger partial charge in [-0.1, -0.05) is 29.3 Å². The van der Waals surface area contributed by atoms with Crippen LogP contribution in [0.5, 0.6) is 0 Å². The Kier molecular flexibility index (Phi) is 5.46. The summed E-state index contributed by atoms with van der Waals surface area (Å²) >= 11 is 11.8. The van der Waals surface area contributed by atoms with Crippen molar-refractivity contribution in [1.82, 2.24) is 15.1 Å². The van der Waals surface area contributed by atoms with Crippen molar-refractivity contribution < 1.29 is 19.2 Å². The molecule has 128 valence electrons. The van der Waals surface area contributed by atoms with Gasteiger partial charge in [-0.05, 0) is 31.5 Å². The summed E-state index contributed by atoms with van der Waals surface area (Å²) in [4.78, 5) is 49.1. The molecule has 1 aromatic rings. The number of carbonyl (C=O) groups excluding carboxylic acids is 4. The Hall–Kier alpha value is -2.12. The fraction of sp³-hybridized carbons (Fsp3) is 0.333. The zero-order chi connectivity index (χ0) is 18.0. The van der Waals surface area contributed by atoms with Gasteiger partial charge >= 0.3 is 17.8 Å². The van der Waals surface area contributed by atoms with Crippen LogP contribution in [0.3, 0.4) is 0 Å². The van der Waals surface area contributed by atoms with E-state index in [2.05, 4.69) is 5.32 Å². The topological polar surface area (TPSA) is 86.8 Å². The average molecular weight is 372 g/mol. The number of benzene rings is 1. The molecule has 0 atom stereocenters. The molecule has 7 nitrogen and oxygen atoms in total. The lowest BCUT2D eigenvalue weighted by Crippen LogP contribution is -2.42. The SMILES string of the molecule is CC(C)N1C(=O)C(=O)N(CC(=O)NCc2ccc(Cl)cc2Cl)C1=O. The van der Waals surface area contributed by atoms with Crippen LogP contribution in [0.1, 0.15) is 19.4 Å². The number of halogens is 2. The van der Waals surface area contributed by atoms with E-state index in [-0.39, 0.29) is 6.54 Å². The number of nitrogens with one attached hydrogen (secondary N) is 1. The second kappa shape index (κ2) is 7.19. The van der Waals surface area contributed by atoms with E-state index in [4.69, 9.17) is 23.2 Å². The van der Waals surface area contributed by atoms with Gasteiger partial charge in [0.15, 0.2) is 0 Å². The van der Waals surface area contributed by atoms with Gasteiger partial charge in [0.1, 0.15) is 6.54 Å². The highest BCUT2D eigenvalue weighted by molar-refractivity contribution is 6.45. The van der Waals surface area contributed by atoms with Crippen LogP contribution in [0.15, 0.2) is 18.2 Å². The van der Waals surface area contributed by atoms with Gasteiger partial charge in [0, 0.05) is 22.6 Å². The summed E-state index contributed by atoms with van der Waals surface area (Å²) in [7, 11) is 0. The summed E-state index contributed by atoms with van der Waals surface area (Å²) in [6.45, 7) is 2.79. The van der Waals surface area contributed by atoms with Crippen molar-refractivity contribution >= 4 is 47.0 Å². The number of carbonyl (C=O) groups is 4. The molecular formula is C15H15Cl2N3O4. The summed E-state index contributed by atoms with van der Waals surface area (Å²) in [6.07, 6.45) is 0. The highest BCUT2D eigenvalue weighted by atomic mass is 35.5. The summed E-state index contributed by atoms with van der Waals surface area (Å²) < 4.78 is 0. The molecule has 0 saturated carbocycles. The molecule has 5 amide bonds. The standard InChI is InChI=1S/C15H15Cl2N3O4/c1-8(2)20-14(23)13(22)19(15(20)24)7-12(21)18-6-9-3-4-10(16)5-11(9)17/h3-5,8H,6-7H2,1-2H3,(H,18,21). The van der Waals surface area contributed by atoms with Crippen LogP contribution in [0.2, 0.25) is 10.0 Å². The number of nitrogens with zero attached hydrogens (tertiary/aromatic N) is 2. The first-order valence-corrected chi connectivity index (χ1v) is 7.87. The first-order chi connectivity index (χ1) is 11.2. The third-order valence-corrected chi connectivity index (χ3v) is 3.98. The molecule has 1 heterocycles. The maximum absolute atomic E-state index is 12.1. The zero-order valence-corrected chi connectivity index (χ0v) is 14.5. The normalized spacial score (nSPS) is 14.8. The number of imide groups is 2. The Bertz CT molecular complexity index is 721. The van der Waals surface area contributed by atoms with Crippen LogP contribution >= 0.6 is 23.2 Å². The maximum Gasteiger partial charge on any atom is 0.334 e. The van der Waals surface area contributed by atoms with Crippen molar-refractivity contribution in [3.8, 4) is 0 Å². The highest BCUT2D eigenvalue weighted by Crippen LogP contribution is 2.20. The van der Waals surface area contributed by atoms with E-state index >= 15 is 0 Å². The molecule has 0 unspecified atom stereocenters. The molecule has 2 rings (SSSR count). The minimum absolute atomic E-state index is 0.104. The predicted molar refractivity (Wildman–Crippen MR) is 87.4 cm³/mol. The van der Waals surface area contributed by atoms with Crippen molar-refractivity contribution in [1.29, 1.82) is 0 Å². The van der Waals surface area contributed by atoms with Gasteiger partial charge in [-0.25, -0.2) is 9.69 Å². The molecule has 9 heteroatoms. The number of hydrogen-bond donors (Lipinski definition) is 1. The van der Waals surface area contributed by atoms with E-state index in [0.29, 0.717) is 20.5 Å². The minimum Gasteiger partial charge on any atom is -0.350 e. The van der Waals surface area contributed by atoms with Crippen molar-refractivity contribution in [2.24, 2.45) is 0 Å². The lowest BCUT2D eigenvalue weighted by Gasteiger charge is -2.18. The number of urea groups is 1. The van der Waals surface area contributed by atoms with Crippen LogP contribution in [0, 0.1) is 0 Å². The second-order valence-electron chi connectivity index (χ2n) is 5.46. The molecule has 0 spiro atoms. The Balaban J connectivity index is 1.98. The van der Waals surface area contributed by atoms with Crippen LogP contribution in [-0.2, 0) is 20.9 Å². The van der Waals surface area contributed by atoms with Crippen molar-refractivity contribution in [3.63, 3.8) is 0 Å². The van der Waals surface area contributed by atoms with E-state index in [1.54, 1.807) is 26.0 Å². The van der Waals surface area contributed by atoms with E-state index in [1.165, 1.54) is 6.07 Å². The molecule has 1 saturated heterocycles. The largest absolute Gasteiger partial charge is 0.350 e. The monoisotopic (exact) mass is 371 g/mol. The third kappa shape index (κ3) is 3.68. The first kappa shape index (κ1) is 18.2. The van der Waals surface area contributed by atoms with E-state index in [1.807, 2.05) is 0 Å². The van der Waals surface area contributed by atoms with Gasteiger partial charge in [-0.15, -0.1) is 0 Å². The molecule has 0 bridgehead atoms. The van der Waals surface area contributed by atoms with E-state index in [0.717, 1.165) is 4.90 Å². The third-order valence-electron chi connectivity index (χ3n) is 3.39. The van der Waals surface area contributed by atoms with Crippen LogP contribution < -0.4 is 5.32 Å². The second-order valence-corrected chi connectivity index (χ2v) is 6.30. The summed E-state index contributed by atoms with van der Waals surface area (Å²) in [6, 6.07) is 3.56. The molecule has 0 aromatic heterocycles. The molecule has 24 heavy (non-hydrogen) atoms. The Morgan fingerprint density at radius 2 is 1.83 bits per heavy atom. The van der Waals surface area contributed by atoms with Gasteiger partial charge < -0.3 is 5.32 Å². The Labute approximate surface area is 148 Å². The fourth-order valence-electron chi connectivity index (χ4n) is 2.18. The maximum atomic E-state index is 12.1. The molecule has 0 radical (unpaired) electrons. The fourth-order valence-corrected chi connectivity index (χ4v) is 2.65. The lowest BCUT2D eigenvalue weighted by atomic mass is 10.2. The highest BCUT2D eigenvalue weighted by Gasteiger charge is 2.46. The van der Waals surface area contributed by atoms with E-state index in [9.17, 15) is 19.2 Å². The van der Waals surface area contributed by atoms with Gasteiger partial charge in [0.2, 0.25) is 5.91 Å². The van der Waals surface area contributed by atoms with Crippen LogP contribution in [0.25, 0.3) is 0 Å². The van der Waals surface area contributed by atoms with Crippen molar-refractivity contribution in [2.45, 2.75) is 26.4 Å². The quantitative estimate of drug-likeness (QED) is 0.631. The molecule has 1 aliphatic rings. The average Bonchev–Trinajstić information content (AvgIpc) is 2.70. The molecule has 1 aromatic carbocycles. The molecule has 0 aliphatic carbocycles. The Morgan fingerprint density at radius 1 is 1.17 bits per heavy atom. The minimum atomic E-state index is -1.01. The van der Waals surface area contributed by atoms with Gasteiger partial charge in [-0.2, -0.15) is 0 Å². The predicted octanol–water partition coefficient (Wildman–Crippen LogP) is 1.81. The number of hydrogen-bond acceptors (Lipinski definition) is 4. The van der Waals surface area contributed by atoms with E-state index < -0.39 is 36.3 Å². The number of rotatable bonds is 5. The first-order valence-electron chi connectivity index (χ1n) is 7.12. The zero-order valence-electron chi connectivity index (χ0n) is 13.0. The van der Waals surface area contributed by atoms with Crippen LogP contribution in [0.4, 0.5) is 4.79 Å². The summed E-state index contributed by atoms with van der Waals surface area (Å²) in [5, 5.41) is 3.40. The summed E-state index contributed by atoms with van der Waals surface area (Å²) in [5.41, 5.74) is 0.633.